The molecule has 0 aromatic rings. The molecule has 0 radical (unpaired) electrons. The molecule has 1 saturated carbocycles. The van der Waals surface area contributed by atoms with Crippen LogP contribution in [0.15, 0.2) is 0 Å². The Kier molecular flexibility index (Phi) is 4.89. The summed E-state index contributed by atoms with van der Waals surface area (Å²) < 4.78 is 0. The fourth-order valence-electron chi connectivity index (χ4n) is 2.36. The smallest absolute Gasteiger partial charge is 0.235 e. The minimum atomic E-state index is -0.559. The molecule has 0 unspecified atom stereocenters. The maximum atomic E-state index is 12.5. The molecule has 1 fully saturated rings. The van der Waals surface area contributed by atoms with Crippen LogP contribution >= 0.6 is 12.2 Å². The van der Waals surface area contributed by atoms with Crippen LogP contribution in [-0.2, 0) is 4.79 Å². The number of hydrogen-bond donors (Lipinski definition) is 1. The van der Waals surface area contributed by atoms with E-state index in [2.05, 4.69) is 4.90 Å². The van der Waals surface area contributed by atoms with Gasteiger partial charge < -0.3 is 15.5 Å². The van der Waals surface area contributed by atoms with Crippen LogP contribution in [0.2, 0.25) is 0 Å². The Morgan fingerprint density at radius 1 is 1.24 bits per heavy atom. The number of likely N-dealkylation sites (N-methyl/N-ethyl adjacent to an activating group) is 2. The molecule has 0 saturated heterocycles. The zero-order chi connectivity index (χ0) is 13.1. The van der Waals surface area contributed by atoms with Crippen LogP contribution in [0.4, 0.5) is 0 Å². The SMILES string of the molecule is CN(C)CCN(C)C(=O)C1(C(N)=S)CCCC1. The van der Waals surface area contributed by atoms with Gasteiger partial charge in [-0.1, -0.05) is 25.1 Å². The second-order valence-corrected chi connectivity index (χ2v) is 5.62. The number of amides is 1. The molecule has 2 N–H and O–H groups in total. The number of nitrogens with zero attached hydrogens (tertiary/aromatic N) is 2. The van der Waals surface area contributed by atoms with Gasteiger partial charge in [0.15, 0.2) is 0 Å². The van der Waals surface area contributed by atoms with E-state index in [0.29, 0.717) is 4.99 Å². The number of hydrogen-bond acceptors (Lipinski definition) is 3. The van der Waals surface area contributed by atoms with E-state index < -0.39 is 5.41 Å². The molecular formula is C12H23N3OS. The van der Waals surface area contributed by atoms with Crippen LogP contribution in [0.1, 0.15) is 25.7 Å². The molecular weight excluding hydrogens is 234 g/mol. The van der Waals surface area contributed by atoms with Crippen molar-refractivity contribution in [3.05, 3.63) is 0 Å². The normalized spacial score (nSPS) is 18.4. The van der Waals surface area contributed by atoms with Crippen molar-refractivity contribution < 1.29 is 4.79 Å². The fraction of sp³-hybridized carbons (Fsp3) is 0.833. The monoisotopic (exact) mass is 257 g/mol. The van der Waals surface area contributed by atoms with E-state index in [-0.39, 0.29) is 5.91 Å². The summed E-state index contributed by atoms with van der Waals surface area (Å²) in [5.74, 6) is 0.101. The highest BCUT2D eigenvalue weighted by Crippen LogP contribution is 2.39. The van der Waals surface area contributed by atoms with Gasteiger partial charge in [0.1, 0.15) is 0 Å². The van der Waals surface area contributed by atoms with E-state index in [9.17, 15) is 4.79 Å². The summed E-state index contributed by atoms with van der Waals surface area (Å²) in [4.78, 5) is 16.7. The van der Waals surface area contributed by atoms with Crippen molar-refractivity contribution in [1.29, 1.82) is 0 Å². The highest BCUT2D eigenvalue weighted by atomic mass is 32.1. The van der Waals surface area contributed by atoms with Crippen molar-refractivity contribution in [1.82, 2.24) is 9.80 Å². The number of rotatable bonds is 5. The Balaban J connectivity index is 2.69. The minimum Gasteiger partial charge on any atom is -0.392 e. The van der Waals surface area contributed by atoms with E-state index in [1.54, 1.807) is 4.90 Å². The summed E-state index contributed by atoms with van der Waals surface area (Å²) >= 11 is 5.12. The Hall–Kier alpha value is -0.680. The summed E-state index contributed by atoms with van der Waals surface area (Å²) in [6.45, 7) is 1.58. The van der Waals surface area contributed by atoms with Crippen LogP contribution < -0.4 is 5.73 Å². The predicted molar refractivity (Wildman–Crippen MR) is 73.9 cm³/mol. The average molecular weight is 257 g/mol. The Bertz CT molecular complexity index is 298. The highest BCUT2D eigenvalue weighted by Gasteiger charge is 2.45. The van der Waals surface area contributed by atoms with Crippen LogP contribution in [0.3, 0.4) is 0 Å². The fourth-order valence-corrected chi connectivity index (χ4v) is 2.65. The molecule has 0 aromatic heterocycles. The van der Waals surface area contributed by atoms with Crippen molar-refractivity contribution in [2.75, 3.05) is 34.2 Å². The Labute approximate surface area is 109 Å². The first-order chi connectivity index (χ1) is 7.90. The quantitative estimate of drug-likeness (QED) is 0.742. The molecule has 0 aliphatic heterocycles. The summed E-state index contributed by atoms with van der Waals surface area (Å²) in [6, 6.07) is 0. The lowest BCUT2D eigenvalue weighted by atomic mass is 9.84. The largest absolute Gasteiger partial charge is 0.392 e. The molecule has 0 bridgehead atoms. The second kappa shape index (κ2) is 5.78. The van der Waals surface area contributed by atoms with Gasteiger partial charge in [0.2, 0.25) is 5.91 Å². The van der Waals surface area contributed by atoms with Gasteiger partial charge in [-0.05, 0) is 26.9 Å². The molecule has 5 heteroatoms. The predicted octanol–water partition coefficient (Wildman–Crippen LogP) is 0.853. The van der Waals surface area contributed by atoms with Crippen LogP contribution in [0.5, 0.6) is 0 Å². The topological polar surface area (TPSA) is 49.6 Å². The molecule has 0 atom stereocenters. The molecule has 98 valence electrons. The maximum absolute atomic E-state index is 12.5. The van der Waals surface area contributed by atoms with Gasteiger partial charge in [0.05, 0.1) is 10.4 Å². The third kappa shape index (κ3) is 3.16. The van der Waals surface area contributed by atoms with Gasteiger partial charge in [-0.25, -0.2) is 0 Å². The molecule has 1 aliphatic carbocycles. The van der Waals surface area contributed by atoms with E-state index in [1.165, 1.54) is 0 Å². The van der Waals surface area contributed by atoms with Crippen LogP contribution in [0, 0.1) is 5.41 Å². The zero-order valence-electron chi connectivity index (χ0n) is 11.0. The molecule has 0 aromatic carbocycles. The van der Waals surface area contributed by atoms with Crippen molar-refractivity contribution in [2.24, 2.45) is 11.1 Å². The average Bonchev–Trinajstić information content (AvgIpc) is 2.74. The van der Waals surface area contributed by atoms with Crippen molar-refractivity contribution in [3.63, 3.8) is 0 Å². The maximum Gasteiger partial charge on any atom is 0.235 e. The Morgan fingerprint density at radius 2 is 1.76 bits per heavy atom. The molecule has 1 aliphatic rings. The molecule has 17 heavy (non-hydrogen) atoms. The first kappa shape index (κ1) is 14.4. The molecule has 0 heterocycles. The van der Waals surface area contributed by atoms with Gasteiger partial charge in [0, 0.05) is 20.1 Å². The second-order valence-electron chi connectivity index (χ2n) is 5.18. The van der Waals surface area contributed by atoms with Gasteiger partial charge in [0.25, 0.3) is 0 Å². The van der Waals surface area contributed by atoms with Gasteiger partial charge >= 0.3 is 0 Å². The van der Waals surface area contributed by atoms with Crippen LogP contribution in [-0.4, -0.2) is 54.9 Å². The summed E-state index contributed by atoms with van der Waals surface area (Å²) in [7, 11) is 5.83. The lowest BCUT2D eigenvalue weighted by molar-refractivity contribution is -0.136. The number of carbonyl (C=O) groups is 1. The lowest BCUT2D eigenvalue weighted by Crippen LogP contribution is -2.49. The van der Waals surface area contributed by atoms with Gasteiger partial charge in [-0.15, -0.1) is 0 Å². The van der Waals surface area contributed by atoms with Crippen molar-refractivity contribution in [3.8, 4) is 0 Å². The van der Waals surface area contributed by atoms with Crippen molar-refractivity contribution >= 4 is 23.1 Å². The summed E-state index contributed by atoms with van der Waals surface area (Å²) in [5.41, 5.74) is 5.24. The first-order valence-corrected chi connectivity index (χ1v) is 6.51. The van der Waals surface area contributed by atoms with Crippen LogP contribution in [0.25, 0.3) is 0 Å². The molecule has 1 amide bonds. The lowest BCUT2D eigenvalue weighted by Gasteiger charge is -2.32. The molecule has 1 rings (SSSR count). The Morgan fingerprint density at radius 3 is 2.18 bits per heavy atom. The van der Waals surface area contributed by atoms with Gasteiger partial charge in [-0.2, -0.15) is 0 Å². The van der Waals surface area contributed by atoms with E-state index >= 15 is 0 Å². The molecule has 4 nitrogen and oxygen atoms in total. The molecule has 0 spiro atoms. The number of carbonyl (C=O) groups excluding carboxylic acids is 1. The summed E-state index contributed by atoms with van der Waals surface area (Å²) in [5, 5.41) is 0. The van der Waals surface area contributed by atoms with E-state index in [4.69, 9.17) is 18.0 Å². The number of nitrogens with two attached hydrogens (primary N) is 1. The van der Waals surface area contributed by atoms with E-state index in [0.717, 1.165) is 38.8 Å². The third-order valence-corrected chi connectivity index (χ3v) is 3.96. The van der Waals surface area contributed by atoms with Gasteiger partial charge in [-0.3, -0.25) is 4.79 Å². The number of thiocarbonyl (C=S) groups is 1. The zero-order valence-corrected chi connectivity index (χ0v) is 11.8. The summed E-state index contributed by atoms with van der Waals surface area (Å²) in [6.07, 6.45) is 3.72. The first-order valence-electron chi connectivity index (χ1n) is 6.10. The highest BCUT2D eigenvalue weighted by molar-refractivity contribution is 7.80. The van der Waals surface area contributed by atoms with E-state index in [1.807, 2.05) is 21.1 Å². The third-order valence-electron chi connectivity index (χ3n) is 3.57. The minimum absolute atomic E-state index is 0.101. The standard InChI is InChI=1S/C12H23N3OS/c1-14(2)8-9-15(3)11(16)12(10(13)17)6-4-5-7-12/h4-9H2,1-3H3,(H2,13,17). The van der Waals surface area contributed by atoms with Crippen molar-refractivity contribution in [2.45, 2.75) is 25.7 Å².